The first-order chi connectivity index (χ1) is 8.02. The highest BCUT2D eigenvalue weighted by atomic mass is 19.2. The predicted octanol–water partition coefficient (Wildman–Crippen LogP) is 3.18. The van der Waals surface area contributed by atoms with Crippen molar-refractivity contribution < 1.29 is 22.4 Å². The number of carbonyl (C=O) groups excluding carboxylic acids is 1. The van der Waals surface area contributed by atoms with Crippen molar-refractivity contribution in [2.45, 2.75) is 31.1 Å². The Kier molecular flexibility index (Phi) is 2.09. The summed E-state index contributed by atoms with van der Waals surface area (Å²) < 4.78 is 53.5. The molecule has 90 valence electrons. The highest BCUT2D eigenvalue weighted by molar-refractivity contribution is 5.88. The maximum atomic E-state index is 13.6. The lowest BCUT2D eigenvalue weighted by Crippen LogP contribution is -2.15. The van der Waals surface area contributed by atoms with Gasteiger partial charge in [-0.25, -0.2) is 17.6 Å². The van der Waals surface area contributed by atoms with Crippen LogP contribution in [-0.4, -0.2) is 5.78 Å². The Balaban J connectivity index is 2.34. The van der Waals surface area contributed by atoms with Gasteiger partial charge in [-0.3, -0.25) is 4.79 Å². The molecule has 0 aromatic heterocycles. The Hall–Kier alpha value is -1.39. The first-order valence-corrected chi connectivity index (χ1v) is 5.40. The number of carbonyl (C=O) groups is 1. The second-order valence-corrected chi connectivity index (χ2v) is 4.57. The number of benzene rings is 1. The SMILES string of the molecule is O=C1CCC2CC1c1c(F)c(F)c(F)c(F)c12. The predicted molar refractivity (Wildman–Crippen MR) is 50.6 cm³/mol. The summed E-state index contributed by atoms with van der Waals surface area (Å²) in [6.45, 7) is 0. The van der Waals surface area contributed by atoms with Crippen molar-refractivity contribution in [2.24, 2.45) is 0 Å². The number of halogens is 4. The maximum absolute atomic E-state index is 13.6. The van der Waals surface area contributed by atoms with E-state index in [4.69, 9.17) is 0 Å². The van der Waals surface area contributed by atoms with Gasteiger partial charge in [0, 0.05) is 23.5 Å². The zero-order valence-electron chi connectivity index (χ0n) is 8.70. The van der Waals surface area contributed by atoms with Gasteiger partial charge in [-0.2, -0.15) is 0 Å². The van der Waals surface area contributed by atoms with Gasteiger partial charge >= 0.3 is 0 Å². The number of hydrogen-bond acceptors (Lipinski definition) is 1. The summed E-state index contributed by atoms with van der Waals surface area (Å²) in [5, 5.41) is 0. The van der Waals surface area contributed by atoms with Gasteiger partial charge in [-0.15, -0.1) is 0 Å². The fourth-order valence-corrected chi connectivity index (χ4v) is 2.97. The molecular formula is C12H8F4O. The zero-order chi connectivity index (χ0) is 12.3. The highest BCUT2D eigenvalue weighted by Crippen LogP contribution is 2.51. The minimum Gasteiger partial charge on any atom is -0.299 e. The molecule has 2 aliphatic rings. The van der Waals surface area contributed by atoms with Gasteiger partial charge in [-0.1, -0.05) is 0 Å². The number of rotatable bonds is 0. The monoisotopic (exact) mass is 244 g/mol. The molecule has 2 atom stereocenters. The highest BCUT2D eigenvalue weighted by Gasteiger charge is 2.45. The molecule has 0 aliphatic heterocycles. The van der Waals surface area contributed by atoms with Crippen LogP contribution in [-0.2, 0) is 4.79 Å². The molecule has 2 unspecified atom stereocenters. The van der Waals surface area contributed by atoms with E-state index in [0.717, 1.165) is 0 Å². The van der Waals surface area contributed by atoms with Crippen LogP contribution in [0.5, 0.6) is 0 Å². The largest absolute Gasteiger partial charge is 0.299 e. The van der Waals surface area contributed by atoms with E-state index in [-0.39, 0.29) is 35.7 Å². The minimum absolute atomic E-state index is 0.128. The first-order valence-electron chi connectivity index (χ1n) is 5.40. The van der Waals surface area contributed by atoms with Crippen molar-refractivity contribution in [3.8, 4) is 0 Å². The molecule has 0 saturated heterocycles. The third-order valence-electron chi connectivity index (χ3n) is 3.75. The van der Waals surface area contributed by atoms with E-state index in [1.165, 1.54) is 0 Å². The van der Waals surface area contributed by atoms with Crippen LogP contribution in [0.15, 0.2) is 0 Å². The second kappa shape index (κ2) is 3.31. The van der Waals surface area contributed by atoms with Gasteiger partial charge in [-0.05, 0) is 18.8 Å². The van der Waals surface area contributed by atoms with Crippen LogP contribution >= 0.6 is 0 Å². The van der Waals surface area contributed by atoms with Crippen molar-refractivity contribution in [1.29, 1.82) is 0 Å². The Labute approximate surface area is 94.4 Å². The van der Waals surface area contributed by atoms with Crippen molar-refractivity contribution in [2.75, 3.05) is 0 Å². The summed E-state index contributed by atoms with van der Waals surface area (Å²) >= 11 is 0. The van der Waals surface area contributed by atoms with Gasteiger partial charge in [0.1, 0.15) is 5.78 Å². The van der Waals surface area contributed by atoms with Gasteiger partial charge in [0.05, 0.1) is 0 Å². The quantitative estimate of drug-likeness (QED) is 0.389. The van der Waals surface area contributed by atoms with E-state index >= 15 is 0 Å². The van der Waals surface area contributed by atoms with Crippen molar-refractivity contribution in [3.63, 3.8) is 0 Å². The second-order valence-electron chi connectivity index (χ2n) is 4.57. The maximum Gasteiger partial charge on any atom is 0.197 e. The van der Waals surface area contributed by atoms with E-state index in [1.54, 1.807) is 0 Å². The number of fused-ring (bicyclic) bond motifs is 5. The Morgan fingerprint density at radius 1 is 0.882 bits per heavy atom. The summed E-state index contributed by atoms with van der Waals surface area (Å²) in [4.78, 5) is 11.6. The van der Waals surface area contributed by atoms with Crippen LogP contribution in [0.3, 0.4) is 0 Å². The van der Waals surface area contributed by atoms with Gasteiger partial charge < -0.3 is 0 Å². The molecule has 17 heavy (non-hydrogen) atoms. The summed E-state index contributed by atoms with van der Waals surface area (Å²) in [7, 11) is 0. The molecule has 1 saturated carbocycles. The van der Waals surface area contributed by atoms with Crippen molar-refractivity contribution in [3.05, 3.63) is 34.4 Å². The number of Topliss-reactive ketones (excluding diaryl/α,β-unsaturated/α-hetero) is 1. The molecule has 0 amide bonds. The summed E-state index contributed by atoms with van der Waals surface area (Å²) in [6.07, 6.45) is 0.862. The molecule has 0 N–H and O–H groups in total. The fraction of sp³-hybridized carbons (Fsp3) is 0.417. The molecule has 1 nitrogen and oxygen atoms in total. The lowest BCUT2D eigenvalue weighted by molar-refractivity contribution is -0.121. The Morgan fingerprint density at radius 3 is 2.12 bits per heavy atom. The van der Waals surface area contributed by atoms with E-state index in [2.05, 4.69) is 0 Å². The summed E-state index contributed by atoms with van der Waals surface area (Å²) in [5.41, 5.74) is -0.383. The first kappa shape index (κ1) is 10.7. The fourth-order valence-electron chi connectivity index (χ4n) is 2.97. The van der Waals surface area contributed by atoms with Gasteiger partial charge in [0.2, 0.25) is 0 Å². The number of hydrogen-bond donors (Lipinski definition) is 0. The molecule has 2 bridgehead atoms. The van der Waals surface area contributed by atoms with Crippen molar-refractivity contribution in [1.82, 2.24) is 0 Å². The molecule has 5 heteroatoms. The molecule has 3 rings (SSSR count). The van der Waals surface area contributed by atoms with Gasteiger partial charge in [0.15, 0.2) is 23.3 Å². The van der Waals surface area contributed by atoms with Crippen LogP contribution in [0.4, 0.5) is 17.6 Å². The molecule has 1 fully saturated rings. The lowest BCUT2D eigenvalue weighted by Gasteiger charge is -2.17. The molecular weight excluding hydrogens is 236 g/mol. The average Bonchev–Trinajstić information content (AvgIpc) is 2.64. The van der Waals surface area contributed by atoms with Crippen LogP contribution < -0.4 is 0 Å². The van der Waals surface area contributed by atoms with E-state index in [1.807, 2.05) is 0 Å². The molecule has 2 aliphatic carbocycles. The van der Waals surface area contributed by atoms with Crippen LogP contribution in [0.2, 0.25) is 0 Å². The number of ketones is 1. The van der Waals surface area contributed by atoms with Crippen molar-refractivity contribution >= 4 is 5.78 Å². The molecule has 0 heterocycles. The third-order valence-corrected chi connectivity index (χ3v) is 3.75. The Bertz CT molecular complexity index is 538. The smallest absolute Gasteiger partial charge is 0.197 e. The van der Waals surface area contributed by atoms with E-state index < -0.39 is 29.2 Å². The van der Waals surface area contributed by atoms with E-state index in [9.17, 15) is 22.4 Å². The molecule has 1 aromatic rings. The standard InChI is InChI=1S/C12H8F4O/c13-9-7-4-1-2-6(17)5(3-4)8(7)10(14)12(16)11(9)15/h4-5H,1-3H2. The minimum atomic E-state index is -1.82. The third kappa shape index (κ3) is 1.22. The topological polar surface area (TPSA) is 17.1 Å². The zero-order valence-corrected chi connectivity index (χ0v) is 8.70. The summed E-state index contributed by atoms with van der Waals surface area (Å²) in [5.74, 6) is -7.71. The molecule has 0 spiro atoms. The molecule has 0 radical (unpaired) electrons. The van der Waals surface area contributed by atoms with Crippen LogP contribution in [0.1, 0.15) is 42.2 Å². The lowest BCUT2D eigenvalue weighted by atomic mass is 9.86. The van der Waals surface area contributed by atoms with E-state index in [0.29, 0.717) is 6.42 Å². The summed E-state index contributed by atoms with van der Waals surface area (Å²) in [6, 6.07) is 0. The van der Waals surface area contributed by atoms with Crippen LogP contribution in [0, 0.1) is 23.3 Å². The van der Waals surface area contributed by atoms with Crippen LogP contribution in [0.25, 0.3) is 0 Å². The normalized spacial score (nSPS) is 26.2. The average molecular weight is 244 g/mol. The Morgan fingerprint density at radius 2 is 1.47 bits per heavy atom. The van der Waals surface area contributed by atoms with Gasteiger partial charge in [0.25, 0.3) is 0 Å². The molecule has 1 aromatic carbocycles.